The molecule has 288 valence electrons. The molecule has 9 rings (SSSR count). The Kier molecular flexibility index (Phi) is 9.42. The standard InChI is InChI=1S/C42H42ClN7O6/c1-44-34-12-11-30(21-33(34)43)56-31-19-28-9-10-29(20-31)49(28)40(53)26-5-7-27(8-6-26)47-17-15-46(16-18-47)22-25-23-48(24-25)35-4-2-3-32-38(35)42(55)50(41(32)54)36-13-14-37(51)45-39(36)52/h2-8,11-12,21,25,28-29,31,36H,9-10,13-20,22-24H2,(H,45,51,52). The van der Waals surface area contributed by atoms with Crippen LogP contribution in [0.5, 0.6) is 5.75 Å². The van der Waals surface area contributed by atoms with Crippen LogP contribution < -0.4 is 19.9 Å². The fourth-order valence-corrected chi connectivity index (χ4v) is 9.77. The first-order chi connectivity index (χ1) is 27.1. The van der Waals surface area contributed by atoms with Crippen LogP contribution in [-0.4, -0.2) is 114 Å². The first kappa shape index (κ1) is 36.2. The molecule has 6 aliphatic heterocycles. The summed E-state index contributed by atoms with van der Waals surface area (Å²) in [5.41, 5.74) is 3.59. The molecule has 0 aliphatic carbocycles. The number of carbonyl (C=O) groups excluding carboxylic acids is 5. The van der Waals surface area contributed by atoms with Crippen molar-refractivity contribution in [2.45, 2.75) is 62.8 Å². The van der Waals surface area contributed by atoms with Gasteiger partial charge in [-0.15, -0.1) is 0 Å². The molecule has 0 radical (unpaired) electrons. The fourth-order valence-electron chi connectivity index (χ4n) is 9.56. The summed E-state index contributed by atoms with van der Waals surface area (Å²) in [5.74, 6) is -0.804. The molecule has 5 saturated heterocycles. The third kappa shape index (κ3) is 6.54. The van der Waals surface area contributed by atoms with Gasteiger partial charge in [-0.1, -0.05) is 23.7 Å². The lowest BCUT2D eigenvalue weighted by molar-refractivity contribution is -0.136. The van der Waals surface area contributed by atoms with Crippen LogP contribution in [0.2, 0.25) is 5.02 Å². The van der Waals surface area contributed by atoms with E-state index >= 15 is 0 Å². The lowest BCUT2D eigenvalue weighted by Crippen LogP contribution is -2.55. The number of carbonyl (C=O) groups is 5. The number of hydrogen-bond donors (Lipinski definition) is 1. The van der Waals surface area contributed by atoms with E-state index in [9.17, 15) is 24.0 Å². The molecule has 0 aromatic heterocycles. The summed E-state index contributed by atoms with van der Waals surface area (Å²) in [5, 5.41) is 2.64. The number of fused-ring (bicyclic) bond motifs is 3. The summed E-state index contributed by atoms with van der Waals surface area (Å²) in [4.78, 5) is 78.3. The number of halogens is 1. The number of rotatable bonds is 8. The molecular weight excluding hydrogens is 734 g/mol. The largest absolute Gasteiger partial charge is 0.490 e. The second kappa shape index (κ2) is 14.6. The summed E-state index contributed by atoms with van der Waals surface area (Å²) >= 11 is 6.23. The van der Waals surface area contributed by atoms with Crippen molar-refractivity contribution in [2.24, 2.45) is 5.92 Å². The van der Waals surface area contributed by atoms with E-state index in [-0.39, 0.29) is 36.9 Å². The molecule has 3 aromatic carbocycles. The first-order valence-corrected chi connectivity index (χ1v) is 19.9. The molecule has 6 aliphatic rings. The van der Waals surface area contributed by atoms with Gasteiger partial charge in [-0.3, -0.25) is 39.1 Å². The maximum absolute atomic E-state index is 13.8. The summed E-state index contributed by atoms with van der Waals surface area (Å²) in [6, 6.07) is 17.8. The predicted molar refractivity (Wildman–Crippen MR) is 208 cm³/mol. The van der Waals surface area contributed by atoms with Crippen molar-refractivity contribution < 1.29 is 28.7 Å². The van der Waals surface area contributed by atoms with Crippen molar-refractivity contribution in [3.63, 3.8) is 0 Å². The van der Waals surface area contributed by atoms with Crippen molar-refractivity contribution >= 4 is 58.2 Å². The fraction of sp³-hybridized carbons (Fsp3) is 0.429. The van der Waals surface area contributed by atoms with Crippen LogP contribution in [0.4, 0.5) is 17.1 Å². The summed E-state index contributed by atoms with van der Waals surface area (Å²) in [6.45, 7) is 13.3. The molecular formula is C42H42ClN7O6. The minimum atomic E-state index is -0.981. The van der Waals surface area contributed by atoms with Crippen molar-refractivity contribution in [1.29, 1.82) is 0 Å². The topological polar surface area (TPSA) is 127 Å². The van der Waals surface area contributed by atoms with E-state index in [0.29, 0.717) is 39.1 Å². The van der Waals surface area contributed by atoms with E-state index in [0.717, 1.165) is 87.8 Å². The zero-order valence-electron chi connectivity index (χ0n) is 30.9. The van der Waals surface area contributed by atoms with Gasteiger partial charge < -0.3 is 19.4 Å². The molecule has 1 N–H and O–H groups in total. The van der Waals surface area contributed by atoms with Crippen LogP contribution in [0, 0.1) is 12.5 Å². The highest BCUT2D eigenvalue weighted by Gasteiger charge is 2.47. The highest BCUT2D eigenvalue weighted by molar-refractivity contribution is 6.33. The van der Waals surface area contributed by atoms with Crippen LogP contribution in [0.1, 0.15) is 69.6 Å². The third-order valence-electron chi connectivity index (χ3n) is 12.4. The molecule has 3 unspecified atom stereocenters. The Morgan fingerprint density at radius 2 is 1.61 bits per heavy atom. The highest BCUT2D eigenvalue weighted by atomic mass is 35.5. The minimum Gasteiger partial charge on any atom is -0.490 e. The Hall–Kier alpha value is -5.45. The molecule has 0 spiro atoms. The lowest BCUT2D eigenvalue weighted by Gasteiger charge is -2.45. The molecule has 14 heteroatoms. The Balaban J connectivity index is 0.749. The average molecular weight is 776 g/mol. The van der Waals surface area contributed by atoms with Gasteiger partial charge in [0.1, 0.15) is 17.9 Å². The molecule has 5 amide bonds. The van der Waals surface area contributed by atoms with Crippen molar-refractivity contribution in [3.8, 4) is 5.75 Å². The van der Waals surface area contributed by atoms with Crippen LogP contribution in [0.15, 0.2) is 60.7 Å². The number of ether oxygens (including phenoxy) is 1. The van der Waals surface area contributed by atoms with E-state index in [4.69, 9.17) is 22.9 Å². The Morgan fingerprint density at radius 3 is 2.29 bits per heavy atom. The van der Waals surface area contributed by atoms with E-state index in [2.05, 4.69) is 41.9 Å². The van der Waals surface area contributed by atoms with E-state index in [1.54, 1.807) is 30.3 Å². The van der Waals surface area contributed by atoms with Crippen molar-refractivity contribution in [1.82, 2.24) is 20.0 Å². The molecule has 13 nitrogen and oxygen atoms in total. The van der Waals surface area contributed by atoms with Gasteiger partial charge in [0.2, 0.25) is 17.5 Å². The van der Waals surface area contributed by atoms with Crippen molar-refractivity contribution in [2.75, 3.05) is 55.6 Å². The van der Waals surface area contributed by atoms with Gasteiger partial charge in [-0.25, -0.2) is 4.85 Å². The quantitative estimate of drug-likeness (QED) is 0.255. The number of hydrogen-bond acceptors (Lipinski definition) is 9. The van der Waals surface area contributed by atoms with E-state index in [1.165, 1.54) is 0 Å². The molecule has 0 saturated carbocycles. The second-order valence-electron chi connectivity index (χ2n) is 15.8. The zero-order valence-corrected chi connectivity index (χ0v) is 31.6. The van der Waals surface area contributed by atoms with Crippen molar-refractivity contribution in [3.05, 3.63) is 93.8 Å². The zero-order chi connectivity index (χ0) is 38.7. The number of amides is 5. The molecule has 3 aromatic rings. The van der Waals surface area contributed by atoms with Gasteiger partial charge >= 0.3 is 0 Å². The van der Waals surface area contributed by atoms with Crippen LogP contribution in [0.25, 0.3) is 4.85 Å². The smallest absolute Gasteiger partial charge is 0.264 e. The average Bonchev–Trinajstić information content (AvgIpc) is 3.60. The highest BCUT2D eigenvalue weighted by Crippen LogP contribution is 2.40. The second-order valence-corrected chi connectivity index (χ2v) is 16.2. The normalized spacial score (nSPS) is 25.2. The summed E-state index contributed by atoms with van der Waals surface area (Å²) < 4.78 is 6.26. The Labute approximate surface area is 329 Å². The maximum atomic E-state index is 13.8. The predicted octanol–water partition coefficient (Wildman–Crippen LogP) is 4.76. The number of benzene rings is 3. The van der Waals surface area contributed by atoms with Gasteiger partial charge in [0.15, 0.2) is 0 Å². The third-order valence-corrected chi connectivity index (χ3v) is 12.7. The number of anilines is 2. The molecule has 3 atom stereocenters. The van der Waals surface area contributed by atoms with Gasteiger partial charge in [0.05, 0.1) is 28.4 Å². The molecule has 5 fully saturated rings. The molecule has 6 heterocycles. The number of piperidine rings is 2. The lowest BCUT2D eigenvalue weighted by atomic mass is 9.95. The Bertz CT molecular complexity index is 2140. The van der Waals surface area contributed by atoms with Gasteiger partial charge in [0, 0.05) is 94.3 Å². The number of imide groups is 2. The molecule has 56 heavy (non-hydrogen) atoms. The van der Waals surface area contributed by atoms with Gasteiger partial charge in [0.25, 0.3) is 17.7 Å². The van der Waals surface area contributed by atoms with E-state index < -0.39 is 29.7 Å². The SMILES string of the molecule is [C-]#[N+]c1ccc(OC2CC3CCC(C2)N3C(=O)c2ccc(N3CCN(CC4CN(c5cccc6c5C(=O)N(C5CCC(=O)NC5=O)C6=O)C4)CC3)cc2)cc1Cl. The minimum absolute atomic E-state index is 0.00204. The van der Waals surface area contributed by atoms with Crippen LogP contribution in [0.3, 0.4) is 0 Å². The first-order valence-electron chi connectivity index (χ1n) is 19.5. The van der Waals surface area contributed by atoms with E-state index in [1.807, 2.05) is 18.2 Å². The number of nitrogens with one attached hydrogen (secondary N) is 1. The number of nitrogens with zero attached hydrogens (tertiary/aromatic N) is 6. The Morgan fingerprint density at radius 1 is 0.875 bits per heavy atom. The summed E-state index contributed by atoms with van der Waals surface area (Å²) in [6.07, 6.45) is 3.69. The molecule has 2 bridgehead atoms. The van der Waals surface area contributed by atoms with Gasteiger partial charge in [-0.05, 0) is 67.8 Å². The van der Waals surface area contributed by atoms with Gasteiger partial charge in [-0.2, -0.15) is 0 Å². The maximum Gasteiger partial charge on any atom is 0.264 e. The monoisotopic (exact) mass is 775 g/mol. The summed E-state index contributed by atoms with van der Waals surface area (Å²) in [7, 11) is 0. The van der Waals surface area contributed by atoms with Crippen LogP contribution in [-0.2, 0) is 9.59 Å². The van der Waals surface area contributed by atoms with Crippen LogP contribution >= 0.6 is 11.6 Å². The number of piperazine rings is 1.